The maximum atomic E-state index is 10.1. The van der Waals surface area contributed by atoms with Crippen LogP contribution in [0.2, 0.25) is 0 Å². The second-order valence-electron chi connectivity index (χ2n) is 9.67. The smallest absolute Gasteiger partial charge is 0.0811 e. The number of hydrogen-bond acceptors (Lipinski definition) is 3. The summed E-state index contributed by atoms with van der Waals surface area (Å²) in [5.41, 5.74) is 4.32. The summed E-state index contributed by atoms with van der Waals surface area (Å²) in [7, 11) is 0. The van der Waals surface area contributed by atoms with Gasteiger partial charge in [-0.05, 0) is 81.3 Å². The Hall–Kier alpha value is -1.16. The summed E-state index contributed by atoms with van der Waals surface area (Å²) in [6.45, 7) is 10.2. The van der Waals surface area contributed by atoms with Gasteiger partial charge in [0.05, 0.1) is 17.8 Å². The van der Waals surface area contributed by atoms with Crippen LogP contribution >= 0.6 is 0 Å². The number of rotatable bonds is 4. The lowest BCUT2D eigenvalue weighted by Crippen LogP contribution is -2.31. The molecule has 3 aliphatic carbocycles. The van der Waals surface area contributed by atoms with Crippen molar-refractivity contribution in [2.45, 2.75) is 89.9 Å². The van der Waals surface area contributed by atoms with Gasteiger partial charge in [-0.1, -0.05) is 42.9 Å². The monoisotopic (exact) mass is 372 g/mol. The van der Waals surface area contributed by atoms with Crippen LogP contribution in [0.1, 0.15) is 72.1 Å². The average molecular weight is 373 g/mol. The molecule has 2 saturated carbocycles. The second-order valence-corrected chi connectivity index (χ2v) is 9.67. The highest BCUT2D eigenvalue weighted by Crippen LogP contribution is 2.56. The van der Waals surface area contributed by atoms with Crippen LogP contribution in [0, 0.1) is 11.3 Å². The molecule has 0 aromatic carbocycles. The first kappa shape index (κ1) is 20.6. The topological polar surface area (TPSA) is 60.7 Å². The summed E-state index contributed by atoms with van der Waals surface area (Å²) in [5, 5.41) is 30.1. The summed E-state index contributed by atoms with van der Waals surface area (Å²) < 4.78 is 0. The average Bonchev–Trinajstić information content (AvgIpc) is 2.91. The number of allylic oxidation sites excluding steroid dienone is 5. The van der Waals surface area contributed by atoms with E-state index >= 15 is 0 Å². The molecule has 0 saturated heterocycles. The lowest BCUT2D eigenvalue weighted by Gasteiger charge is -2.41. The zero-order valence-corrected chi connectivity index (χ0v) is 17.2. The zero-order valence-electron chi connectivity index (χ0n) is 17.2. The van der Waals surface area contributed by atoms with Gasteiger partial charge in [-0.15, -0.1) is 0 Å². The molecule has 2 unspecified atom stereocenters. The fourth-order valence-electron chi connectivity index (χ4n) is 5.20. The highest BCUT2D eigenvalue weighted by molar-refractivity contribution is 5.40. The molecule has 0 aromatic heterocycles. The van der Waals surface area contributed by atoms with E-state index in [2.05, 4.69) is 31.7 Å². The molecule has 0 aromatic rings. The van der Waals surface area contributed by atoms with Gasteiger partial charge in [-0.2, -0.15) is 0 Å². The first-order valence-electron chi connectivity index (χ1n) is 10.5. The maximum Gasteiger partial charge on any atom is 0.0811 e. The molecule has 4 atom stereocenters. The van der Waals surface area contributed by atoms with Crippen molar-refractivity contribution in [2.75, 3.05) is 0 Å². The normalized spacial score (nSPS) is 37.6. The third kappa shape index (κ3) is 4.47. The fourth-order valence-corrected chi connectivity index (χ4v) is 5.20. The van der Waals surface area contributed by atoms with Crippen molar-refractivity contribution < 1.29 is 15.3 Å². The van der Waals surface area contributed by atoms with Gasteiger partial charge in [0.2, 0.25) is 0 Å². The van der Waals surface area contributed by atoms with E-state index in [1.807, 2.05) is 13.8 Å². The molecule has 0 bridgehead atoms. The van der Waals surface area contributed by atoms with E-state index in [1.165, 1.54) is 24.0 Å². The van der Waals surface area contributed by atoms with E-state index in [9.17, 15) is 15.3 Å². The number of aliphatic hydroxyl groups excluding tert-OH is 2. The van der Waals surface area contributed by atoms with E-state index in [4.69, 9.17) is 0 Å². The first-order valence-corrected chi connectivity index (χ1v) is 10.5. The summed E-state index contributed by atoms with van der Waals surface area (Å²) in [4.78, 5) is 0. The molecular weight excluding hydrogens is 336 g/mol. The van der Waals surface area contributed by atoms with Gasteiger partial charge in [-0.25, -0.2) is 0 Å². The van der Waals surface area contributed by atoms with Crippen molar-refractivity contribution in [1.82, 2.24) is 0 Å². The third-order valence-corrected chi connectivity index (χ3v) is 6.98. The van der Waals surface area contributed by atoms with Crippen molar-refractivity contribution in [2.24, 2.45) is 11.3 Å². The molecule has 3 aliphatic rings. The van der Waals surface area contributed by atoms with Crippen molar-refractivity contribution in [3.8, 4) is 0 Å². The lowest BCUT2D eigenvalue weighted by molar-refractivity contribution is 0.0689. The van der Waals surface area contributed by atoms with Gasteiger partial charge in [0.1, 0.15) is 0 Å². The quantitative estimate of drug-likeness (QED) is 0.632. The minimum absolute atomic E-state index is 0.205. The van der Waals surface area contributed by atoms with Crippen LogP contribution in [0.5, 0.6) is 0 Å². The van der Waals surface area contributed by atoms with Crippen molar-refractivity contribution >= 4 is 0 Å². The Morgan fingerprint density at radius 3 is 2.74 bits per heavy atom. The van der Waals surface area contributed by atoms with E-state index in [0.717, 1.165) is 36.8 Å². The minimum atomic E-state index is -0.628. The van der Waals surface area contributed by atoms with Crippen LogP contribution < -0.4 is 0 Å². The molecule has 3 nitrogen and oxygen atoms in total. The molecule has 0 heterocycles. The molecule has 0 spiro atoms. The molecule has 150 valence electrons. The van der Waals surface area contributed by atoms with Gasteiger partial charge >= 0.3 is 0 Å². The van der Waals surface area contributed by atoms with E-state index in [1.54, 1.807) is 0 Å². The summed E-state index contributed by atoms with van der Waals surface area (Å²) in [5.74, 6) is 0.534. The lowest BCUT2D eigenvalue weighted by atomic mass is 9.63. The maximum absolute atomic E-state index is 10.1. The van der Waals surface area contributed by atoms with Crippen molar-refractivity contribution in [1.29, 1.82) is 0 Å². The molecule has 0 amide bonds. The van der Waals surface area contributed by atoms with Crippen LogP contribution in [0.4, 0.5) is 0 Å². The van der Waals surface area contributed by atoms with Gasteiger partial charge in [0.25, 0.3) is 0 Å². The van der Waals surface area contributed by atoms with Gasteiger partial charge < -0.3 is 15.3 Å². The summed E-state index contributed by atoms with van der Waals surface area (Å²) >= 11 is 0. The van der Waals surface area contributed by atoms with Crippen LogP contribution in [-0.2, 0) is 0 Å². The second kappa shape index (κ2) is 7.69. The largest absolute Gasteiger partial charge is 0.393 e. The van der Waals surface area contributed by atoms with Crippen molar-refractivity contribution in [3.63, 3.8) is 0 Å². The minimum Gasteiger partial charge on any atom is -0.393 e. The van der Waals surface area contributed by atoms with Crippen LogP contribution in [0.3, 0.4) is 0 Å². The molecular formula is C24H36O3. The summed E-state index contributed by atoms with van der Waals surface area (Å²) in [6, 6.07) is 0. The number of aliphatic hydroxyl groups is 3. The Labute approximate surface area is 164 Å². The molecule has 0 aliphatic heterocycles. The Balaban J connectivity index is 1.76. The fraction of sp³-hybridized carbons (Fsp3) is 0.667. The van der Waals surface area contributed by atoms with Crippen LogP contribution in [0.25, 0.3) is 0 Å². The van der Waals surface area contributed by atoms with Gasteiger partial charge in [0, 0.05) is 6.42 Å². The molecule has 3 heteroatoms. The predicted octanol–water partition coefficient (Wildman–Crippen LogP) is 4.60. The highest BCUT2D eigenvalue weighted by Gasteiger charge is 2.44. The van der Waals surface area contributed by atoms with Crippen molar-refractivity contribution in [3.05, 3.63) is 47.1 Å². The van der Waals surface area contributed by atoms with E-state index in [-0.39, 0.29) is 5.41 Å². The molecule has 3 rings (SSSR count). The number of fused-ring (bicyclic) bond motifs is 1. The Morgan fingerprint density at radius 2 is 2.04 bits per heavy atom. The van der Waals surface area contributed by atoms with Crippen LogP contribution in [-0.4, -0.2) is 33.1 Å². The Morgan fingerprint density at radius 1 is 1.30 bits per heavy atom. The van der Waals surface area contributed by atoms with E-state index < -0.39 is 17.8 Å². The zero-order chi connectivity index (χ0) is 19.8. The Kier molecular flexibility index (Phi) is 5.86. The van der Waals surface area contributed by atoms with Gasteiger partial charge in [0.15, 0.2) is 0 Å². The van der Waals surface area contributed by atoms with Crippen LogP contribution in [0.15, 0.2) is 47.1 Å². The molecule has 0 radical (unpaired) electrons. The summed E-state index contributed by atoms with van der Waals surface area (Å²) in [6.07, 6.45) is 13.0. The predicted molar refractivity (Wildman–Crippen MR) is 110 cm³/mol. The standard InChI is InChI=1S/C24H36O3/c1-16-18(14-20(25)15-22(16)26)8-7-17-6-5-12-24(4)19(9-10-21(17)24)11-13-23(2,3)27/h7-9,20-22,25-27H,1,5-6,10-15H2,2-4H3/b17-7+,18-8-/t20?,21?,22-,24+/m0/s1. The molecule has 2 fully saturated rings. The SMILES string of the molecule is C=C1/C(=C\C=C2/CCC[C@]3(C)C(CCC(C)(C)O)=CCC23)CC(O)C[C@@H]1O. The molecule has 3 N–H and O–H groups in total. The highest BCUT2D eigenvalue weighted by atomic mass is 16.3. The molecule has 27 heavy (non-hydrogen) atoms. The number of hydrogen-bond donors (Lipinski definition) is 3. The third-order valence-electron chi connectivity index (χ3n) is 6.98. The van der Waals surface area contributed by atoms with Gasteiger partial charge in [-0.3, -0.25) is 0 Å². The first-order chi connectivity index (χ1) is 12.6. The Bertz CT molecular complexity index is 676. The van der Waals surface area contributed by atoms with E-state index in [0.29, 0.717) is 18.8 Å².